The van der Waals surface area contributed by atoms with Crippen molar-refractivity contribution in [1.82, 2.24) is 0 Å². The Morgan fingerprint density at radius 3 is 2.94 bits per heavy atom. The molecule has 1 aromatic rings. The molecule has 1 aliphatic rings. The average Bonchev–Trinajstić information content (AvgIpc) is 2.39. The van der Waals surface area contributed by atoms with E-state index in [1.165, 1.54) is 6.42 Å². The summed E-state index contributed by atoms with van der Waals surface area (Å²) in [7, 11) is 1.60. The molecule has 0 bridgehead atoms. The van der Waals surface area contributed by atoms with Crippen molar-refractivity contribution in [3.8, 4) is 5.75 Å². The Morgan fingerprint density at radius 2 is 2.29 bits per heavy atom. The van der Waals surface area contributed by atoms with Crippen LogP contribution in [0.5, 0.6) is 5.75 Å². The molecular weight excluding hydrogens is 238 g/mol. The number of nitrogens with two attached hydrogens (primary N) is 1. The smallest absolute Gasteiger partial charge is 0.137 e. The van der Waals surface area contributed by atoms with E-state index in [4.69, 9.17) is 26.8 Å². The lowest BCUT2D eigenvalue weighted by Crippen LogP contribution is -2.31. The first kappa shape index (κ1) is 12.7. The van der Waals surface area contributed by atoms with Gasteiger partial charge in [0.25, 0.3) is 0 Å². The molecule has 1 aromatic carbocycles. The molecule has 2 unspecified atom stereocenters. The van der Waals surface area contributed by atoms with Gasteiger partial charge in [-0.05, 0) is 37.0 Å². The van der Waals surface area contributed by atoms with Crippen molar-refractivity contribution in [3.05, 3.63) is 28.8 Å². The molecular formula is C13H18ClNO2. The summed E-state index contributed by atoms with van der Waals surface area (Å²) in [6.45, 7) is 0.809. The van der Waals surface area contributed by atoms with E-state index in [0.29, 0.717) is 10.8 Å². The van der Waals surface area contributed by atoms with E-state index in [0.717, 1.165) is 25.0 Å². The number of halogens is 1. The molecule has 1 heterocycles. The number of hydrogen-bond donors (Lipinski definition) is 1. The third-order valence-corrected chi connectivity index (χ3v) is 3.49. The van der Waals surface area contributed by atoms with Crippen molar-refractivity contribution in [3.63, 3.8) is 0 Å². The Labute approximate surface area is 107 Å². The Balaban J connectivity index is 2.15. The molecule has 1 aliphatic heterocycles. The minimum atomic E-state index is -0.110. The molecule has 17 heavy (non-hydrogen) atoms. The van der Waals surface area contributed by atoms with Crippen molar-refractivity contribution < 1.29 is 9.47 Å². The van der Waals surface area contributed by atoms with E-state index in [-0.39, 0.29) is 12.1 Å². The van der Waals surface area contributed by atoms with Crippen LogP contribution in [0.25, 0.3) is 0 Å². The first-order chi connectivity index (χ1) is 8.22. The normalized spacial score (nSPS) is 22.2. The van der Waals surface area contributed by atoms with Gasteiger partial charge in [-0.3, -0.25) is 0 Å². The van der Waals surface area contributed by atoms with E-state index in [1.54, 1.807) is 7.11 Å². The molecule has 0 aromatic heterocycles. The fourth-order valence-corrected chi connectivity index (χ4v) is 2.34. The van der Waals surface area contributed by atoms with E-state index >= 15 is 0 Å². The zero-order valence-corrected chi connectivity index (χ0v) is 10.7. The Bertz CT molecular complexity index is 378. The average molecular weight is 256 g/mol. The maximum absolute atomic E-state index is 6.22. The SMILES string of the molecule is COc1cc(C(N)C2CCCCO2)ccc1Cl. The van der Waals surface area contributed by atoms with Crippen molar-refractivity contribution >= 4 is 11.6 Å². The summed E-state index contributed by atoms with van der Waals surface area (Å²) in [6.07, 6.45) is 3.44. The second kappa shape index (κ2) is 5.71. The maximum Gasteiger partial charge on any atom is 0.137 e. The second-order valence-electron chi connectivity index (χ2n) is 4.32. The fraction of sp³-hybridized carbons (Fsp3) is 0.538. The van der Waals surface area contributed by atoms with Gasteiger partial charge in [0.2, 0.25) is 0 Å². The van der Waals surface area contributed by atoms with Crippen LogP contribution in [0.2, 0.25) is 5.02 Å². The molecule has 0 saturated carbocycles. The van der Waals surface area contributed by atoms with Crippen LogP contribution in [0.15, 0.2) is 18.2 Å². The van der Waals surface area contributed by atoms with Gasteiger partial charge in [0.05, 0.1) is 24.3 Å². The number of methoxy groups -OCH3 is 1. The zero-order valence-electron chi connectivity index (χ0n) is 9.99. The quantitative estimate of drug-likeness (QED) is 0.903. The third kappa shape index (κ3) is 2.92. The molecule has 2 atom stereocenters. The van der Waals surface area contributed by atoms with Crippen LogP contribution >= 0.6 is 11.6 Å². The first-order valence-corrected chi connectivity index (χ1v) is 6.31. The summed E-state index contributed by atoms with van der Waals surface area (Å²) in [5.74, 6) is 0.662. The van der Waals surface area contributed by atoms with Gasteiger partial charge in [0, 0.05) is 6.61 Å². The molecule has 3 nitrogen and oxygen atoms in total. The summed E-state index contributed by atoms with van der Waals surface area (Å²) in [5, 5.41) is 0.605. The van der Waals surface area contributed by atoms with Crippen LogP contribution in [0.3, 0.4) is 0 Å². The highest BCUT2D eigenvalue weighted by molar-refractivity contribution is 6.32. The number of hydrogen-bond acceptors (Lipinski definition) is 3. The minimum absolute atomic E-state index is 0.106. The number of ether oxygens (including phenoxy) is 2. The second-order valence-corrected chi connectivity index (χ2v) is 4.73. The molecule has 1 saturated heterocycles. The summed E-state index contributed by atoms with van der Waals surface area (Å²) >= 11 is 5.99. The topological polar surface area (TPSA) is 44.5 Å². The van der Waals surface area contributed by atoms with E-state index in [9.17, 15) is 0 Å². The van der Waals surface area contributed by atoms with Crippen molar-refractivity contribution in [2.75, 3.05) is 13.7 Å². The molecule has 0 spiro atoms. The van der Waals surface area contributed by atoms with E-state index in [1.807, 2.05) is 18.2 Å². The zero-order chi connectivity index (χ0) is 12.3. The third-order valence-electron chi connectivity index (χ3n) is 3.18. The van der Waals surface area contributed by atoms with Crippen LogP contribution in [0.1, 0.15) is 30.9 Å². The fourth-order valence-electron chi connectivity index (χ4n) is 2.15. The lowest BCUT2D eigenvalue weighted by molar-refractivity contribution is -0.0000126. The summed E-state index contributed by atoms with van der Waals surface area (Å²) < 4.78 is 10.9. The van der Waals surface area contributed by atoms with Gasteiger partial charge < -0.3 is 15.2 Å². The molecule has 2 N–H and O–H groups in total. The maximum atomic E-state index is 6.22. The monoisotopic (exact) mass is 255 g/mol. The van der Waals surface area contributed by atoms with Crippen LogP contribution in [-0.4, -0.2) is 19.8 Å². The molecule has 0 amide bonds. The highest BCUT2D eigenvalue weighted by Crippen LogP contribution is 2.30. The molecule has 2 rings (SSSR count). The number of benzene rings is 1. The van der Waals surface area contributed by atoms with Crippen molar-refractivity contribution in [2.24, 2.45) is 5.73 Å². The molecule has 4 heteroatoms. The summed E-state index contributed by atoms with van der Waals surface area (Å²) in [4.78, 5) is 0. The summed E-state index contributed by atoms with van der Waals surface area (Å²) in [5.41, 5.74) is 7.23. The predicted octanol–water partition coefficient (Wildman–Crippen LogP) is 2.92. The first-order valence-electron chi connectivity index (χ1n) is 5.93. The highest BCUT2D eigenvalue weighted by atomic mass is 35.5. The van der Waals surface area contributed by atoms with Gasteiger partial charge >= 0.3 is 0 Å². The Hall–Kier alpha value is -0.770. The molecule has 94 valence electrons. The standard InChI is InChI=1S/C13H18ClNO2/c1-16-12-8-9(5-6-10(12)14)13(15)11-4-2-3-7-17-11/h5-6,8,11,13H,2-4,7,15H2,1H3. The van der Waals surface area contributed by atoms with E-state index < -0.39 is 0 Å². The summed E-state index contributed by atoms with van der Waals surface area (Å²) in [6, 6.07) is 5.54. The lowest BCUT2D eigenvalue weighted by Gasteiger charge is -2.28. The van der Waals surface area contributed by atoms with Crippen molar-refractivity contribution in [1.29, 1.82) is 0 Å². The van der Waals surface area contributed by atoms with E-state index in [2.05, 4.69) is 0 Å². The lowest BCUT2D eigenvalue weighted by atomic mass is 9.96. The van der Waals surface area contributed by atoms with Gasteiger partial charge in [0.1, 0.15) is 5.75 Å². The molecule has 0 radical (unpaired) electrons. The molecule has 1 fully saturated rings. The highest BCUT2D eigenvalue weighted by Gasteiger charge is 2.23. The Morgan fingerprint density at radius 1 is 1.47 bits per heavy atom. The van der Waals surface area contributed by atoms with Gasteiger partial charge in [-0.15, -0.1) is 0 Å². The van der Waals surface area contributed by atoms with Crippen LogP contribution in [0, 0.1) is 0 Å². The minimum Gasteiger partial charge on any atom is -0.495 e. The van der Waals surface area contributed by atoms with Crippen molar-refractivity contribution in [2.45, 2.75) is 31.4 Å². The van der Waals surface area contributed by atoms with Gasteiger partial charge in [-0.25, -0.2) is 0 Å². The van der Waals surface area contributed by atoms with Crippen LogP contribution in [0.4, 0.5) is 0 Å². The van der Waals surface area contributed by atoms with Crippen LogP contribution in [-0.2, 0) is 4.74 Å². The van der Waals surface area contributed by atoms with Gasteiger partial charge in [-0.1, -0.05) is 17.7 Å². The number of rotatable bonds is 3. The molecule has 0 aliphatic carbocycles. The largest absolute Gasteiger partial charge is 0.495 e. The van der Waals surface area contributed by atoms with Gasteiger partial charge in [-0.2, -0.15) is 0 Å². The predicted molar refractivity (Wildman–Crippen MR) is 68.5 cm³/mol. The Kier molecular flexibility index (Phi) is 4.26. The van der Waals surface area contributed by atoms with Crippen LogP contribution < -0.4 is 10.5 Å². The van der Waals surface area contributed by atoms with Gasteiger partial charge in [0.15, 0.2) is 0 Å².